The summed E-state index contributed by atoms with van der Waals surface area (Å²) >= 11 is 0.761. The molecule has 0 N–H and O–H groups in total. The van der Waals surface area contributed by atoms with Crippen LogP contribution in [-0.2, 0) is 14.3 Å². The molecule has 0 atom stereocenters. The van der Waals surface area contributed by atoms with Crippen LogP contribution in [0.1, 0.15) is 26.3 Å². The Labute approximate surface area is 160 Å². The van der Waals surface area contributed by atoms with Crippen molar-refractivity contribution in [1.82, 2.24) is 4.90 Å². The van der Waals surface area contributed by atoms with Crippen molar-refractivity contribution in [3.05, 3.63) is 22.6 Å². The summed E-state index contributed by atoms with van der Waals surface area (Å²) in [6, 6.07) is 3.36. The minimum atomic E-state index is -0.697. The van der Waals surface area contributed by atoms with Gasteiger partial charge in [-0.1, -0.05) is 0 Å². The second-order valence-electron chi connectivity index (χ2n) is 6.81. The van der Waals surface area contributed by atoms with Gasteiger partial charge in [-0.3, -0.25) is 19.3 Å². The summed E-state index contributed by atoms with van der Waals surface area (Å²) in [5.41, 5.74) is -0.0866. The van der Waals surface area contributed by atoms with Crippen LogP contribution in [0.2, 0.25) is 0 Å². The summed E-state index contributed by atoms with van der Waals surface area (Å²) in [5, 5.41) is -0.523. The lowest BCUT2D eigenvalue weighted by atomic mass is 10.1. The molecule has 144 valence electrons. The number of imide groups is 1. The Morgan fingerprint density at radius 3 is 2.70 bits per heavy atom. The van der Waals surface area contributed by atoms with Crippen LogP contribution >= 0.6 is 11.8 Å². The van der Waals surface area contributed by atoms with Crippen molar-refractivity contribution in [2.45, 2.75) is 26.4 Å². The third kappa shape index (κ3) is 4.19. The van der Waals surface area contributed by atoms with Gasteiger partial charge in [0.1, 0.15) is 12.1 Å². The monoisotopic (exact) mass is 393 g/mol. The number of amides is 2. The highest BCUT2D eigenvalue weighted by atomic mass is 32.2. The van der Waals surface area contributed by atoms with Crippen LogP contribution in [0.5, 0.6) is 17.2 Å². The molecule has 2 aliphatic heterocycles. The first-order chi connectivity index (χ1) is 12.7. The molecule has 8 nitrogen and oxygen atoms in total. The Morgan fingerprint density at radius 2 is 2.04 bits per heavy atom. The average molecular weight is 393 g/mol. The van der Waals surface area contributed by atoms with Gasteiger partial charge in [0.25, 0.3) is 11.1 Å². The van der Waals surface area contributed by atoms with E-state index in [0.29, 0.717) is 22.8 Å². The Kier molecular flexibility index (Phi) is 5.05. The molecule has 1 aromatic carbocycles. The fraction of sp³-hybridized carbons (Fsp3) is 0.389. The van der Waals surface area contributed by atoms with Gasteiger partial charge in [-0.25, -0.2) is 0 Å². The third-order valence-corrected chi connectivity index (χ3v) is 4.47. The van der Waals surface area contributed by atoms with Crippen molar-refractivity contribution in [2.75, 3.05) is 20.4 Å². The molecule has 0 unspecified atom stereocenters. The van der Waals surface area contributed by atoms with E-state index in [1.807, 2.05) is 0 Å². The molecule has 2 amide bonds. The lowest BCUT2D eigenvalue weighted by Gasteiger charge is -2.21. The maximum Gasteiger partial charge on any atom is 0.326 e. The highest BCUT2D eigenvalue weighted by Gasteiger charge is 2.37. The molecule has 27 heavy (non-hydrogen) atoms. The number of ether oxygens (including phenoxy) is 4. The fourth-order valence-corrected chi connectivity index (χ4v) is 3.36. The minimum absolute atomic E-state index is 0.0849. The quantitative estimate of drug-likeness (QED) is 0.570. The Bertz CT molecular complexity index is 841. The summed E-state index contributed by atoms with van der Waals surface area (Å²) in [5.74, 6) is 0.258. The van der Waals surface area contributed by atoms with E-state index >= 15 is 0 Å². The van der Waals surface area contributed by atoms with Gasteiger partial charge in [0.15, 0.2) is 11.5 Å². The molecule has 0 radical (unpaired) electrons. The van der Waals surface area contributed by atoms with Crippen molar-refractivity contribution in [3.63, 3.8) is 0 Å². The summed E-state index contributed by atoms with van der Waals surface area (Å²) in [6.45, 7) is 4.80. The van der Waals surface area contributed by atoms with Crippen LogP contribution in [0.25, 0.3) is 6.08 Å². The molecule has 9 heteroatoms. The summed E-state index contributed by atoms with van der Waals surface area (Å²) < 4.78 is 21.1. The van der Waals surface area contributed by atoms with Crippen LogP contribution in [0.15, 0.2) is 17.0 Å². The molecule has 0 saturated carbocycles. The zero-order valence-electron chi connectivity index (χ0n) is 15.4. The van der Waals surface area contributed by atoms with Gasteiger partial charge >= 0.3 is 5.97 Å². The van der Waals surface area contributed by atoms with E-state index in [1.165, 1.54) is 7.11 Å². The van der Waals surface area contributed by atoms with Crippen molar-refractivity contribution in [1.29, 1.82) is 0 Å². The first kappa shape index (κ1) is 19.1. The maximum absolute atomic E-state index is 12.5. The SMILES string of the molecule is COc1cc(/C=C2/SC(=O)N(CC(=O)OC(C)(C)C)C2=O)cc2c1OCO2. The van der Waals surface area contributed by atoms with Crippen LogP contribution in [0.4, 0.5) is 4.79 Å². The third-order valence-electron chi connectivity index (χ3n) is 3.56. The number of thioether (sulfide) groups is 1. The molecule has 0 spiro atoms. The number of hydrogen-bond acceptors (Lipinski definition) is 8. The fourth-order valence-electron chi connectivity index (χ4n) is 2.52. The summed E-state index contributed by atoms with van der Waals surface area (Å²) in [4.78, 5) is 37.7. The molecule has 0 aromatic heterocycles. The topological polar surface area (TPSA) is 91.4 Å². The van der Waals surface area contributed by atoms with Crippen LogP contribution in [-0.4, -0.2) is 48.1 Å². The number of hydrogen-bond donors (Lipinski definition) is 0. The first-order valence-corrected chi connectivity index (χ1v) is 8.94. The van der Waals surface area contributed by atoms with E-state index in [-0.39, 0.29) is 11.7 Å². The van der Waals surface area contributed by atoms with Gasteiger partial charge < -0.3 is 18.9 Å². The number of fused-ring (bicyclic) bond motifs is 1. The lowest BCUT2D eigenvalue weighted by Crippen LogP contribution is -2.37. The minimum Gasteiger partial charge on any atom is -0.493 e. The highest BCUT2D eigenvalue weighted by molar-refractivity contribution is 8.18. The van der Waals surface area contributed by atoms with E-state index in [9.17, 15) is 14.4 Å². The lowest BCUT2D eigenvalue weighted by molar-refractivity contribution is -0.156. The van der Waals surface area contributed by atoms with Crippen LogP contribution < -0.4 is 14.2 Å². The molecule has 2 aliphatic rings. The van der Waals surface area contributed by atoms with E-state index in [0.717, 1.165) is 16.7 Å². The van der Waals surface area contributed by atoms with Crippen LogP contribution in [0, 0.1) is 0 Å². The average Bonchev–Trinajstić information content (AvgIpc) is 3.13. The highest BCUT2D eigenvalue weighted by Crippen LogP contribution is 2.43. The van der Waals surface area contributed by atoms with Crippen molar-refractivity contribution >= 4 is 35.0 Å². The van der Waals surface area contributed by atoms with E-state index in [1.54, 1.807) is 39.0 Å². The summed E-state index contributed by atoms with van der Waals surface area (Å²) in [7, 11) is 1.50. The number of rotatable bonds is 4. The standard InChI is InChI=1S/C18H19NO7S/c1-18(2,3)26-14(20)8-19-16(21)13(27-17(19)22)7-10-5-11(23-4)15-12(6-10)24-9-25-15/h5-7H,8-9H2,1-4H3/b13-7+. The second-order valence-corrected chi connectivity index (χ2v) is 7.80. The van der Waals surface area contributed by atoms with Gasteiger partial charge in [-0.05, 0) is 56.3 Å². The zero-order valence-corrected chi connectivity index (χ0v) is 16.2. The maximum atomic E-state index is 12.5. The van der Waals surface area contributed by atoms with Gasteiger partial charge in [0.2, 0.25) is 12.5 Å². The number of methoxy groups -OCH3 is 1. The molecular weight excluding hydrogens is 374 g/mol. The molecule has 1 saturated heterocycles. The van der Waals surface area contributed by atoms with Gasteiger partial charge in [-0.15, -0.1) is 0 Å². The molecule has 3 rings (SSSR count). The van der Waals surface area contributed by atoms with Crippen molar-refractivity contribution in [3.8, 4) is 17.2 Å². The zero-order chi connectivity index (χ0) is 19.8. The van der Waals surface area contributed by atoms with E-state index in [2.05, 4.69) is 0 Å². The molecule has 2 heterocycles. The van der Waals surface area contributed by atoms with Gasteiger partial charge in [0.05, 0.1) is 12.0 Å². The van der Waals surface area contributed by atoms with E-state index in [4.69, 9.17) is 18.9 Å². The number of nitrogens with zero attached hydrogens (tertiary/aromatic N) is 1. The summed E-state index contributed by atoms with van der Waals surface area (Å²) in [6.07, 6.45) is 1.55. The van der Waals surface area contributed by atoms with E-state index < -0.39 is 29.3 Å². The predicted molar refractivity (Wildman–Crippen MR) is 97.6 cm³/mol. The van der Waals surface area contributed by atoms with Crippen LogP contribution in [0.3, 0.4) is 0 Å². The molecule has 1 aromatic rings. The largest absolute Gasteiger partial charge is 0.493 e. The number of esters is 1. The number of benzene rings is 1. The first-order valence-electron chi connectivity index (χ1n) is 8.13. The Hall–Kier alpha value is -2.68. The van der Waals surface area contributed by atoms with Gasteiger partial charge in [-0.2, -0.15) is 0 Å². The van der Waals surface area contributed by atoms with Crippen molar-refractivity contribution < 1.29 is 33.3 Å². The van der Waals surface area contributed by atoms with Crippen molar-refractivity contribution in [2.24, 2.45) is 0 Å². The second kappa shape index (κ2) is 7.15. The molecule has 0 bridgehead atoms. The normalized spacial score (nSPS) is 17.6. The van der Waals surface area contributed by atoms with Gasteiger partial charge in [0, 0.05) is 0 Å². The molecule has 0 aliphatic carbocycles. The predicted octanol–water partition coefficient (Wildman–Crippen LogP) is 2.80. The Balaban J connectivity index is 1.80. The molecule has 1 fully saturated rings. The Morgan fingerprint density at radius 1 is 1.30 bits per heavy atom. The number of carbonyl (C=O) groups is 3. The smallest absolute Gasteiger partial charge is 0.326 e. The molecular formula is C18H19NO7S. The number of carbonyl (C=O) groups excluding carboxylic acids is 3.